The molecule has 3 aromatic carbocycles. The van der Waals surface area contributed by atoms with Gasteiger partial charge in [0.05, 0.1) is 16.1 Å². The van der Waals surface area contributed by atoms with E-state index in [1.54, 1.807) is 0 Å². The van der Waals surface area contributed by atoms with Crippen LogP contribution in [-0.4, -0.2) is 42.3 Å². The zero-order chi connectivity index (χ0) is 24.4. The number of nitrogens with zero attached hydrogens (tertiary/aromatic N) is 4. The summed E-state index contributed by atoms with van der Waals surface area (Å²) in [6.45, 7) is 5.13. The van der Waals surface area contributed by atoms with E-state index in [9.17, 15) is 4.79 Å². The summed E-state index contributed by atoms with van der Waals surface area (Å²) in [6.07, 6.45) is 0. The van der Waals surface area contributed by atoms with Crippen LogP contribution in [0.5, 0.6) is 0 Å². The fourth-order valence-electron chi connectivity index (χ4n) is 4.44. The normalized spacial score (nSPS) is 14.7. The molecule has 6 nitrogen and oxygen atoms in total. The lowest BCUT2D eigenvalue weighted by Crippen LogP contribution is -2.47. The topological polar surface area (TPSA) is 61.4 Å². The summed E-state index contributed by atoms with van der Waals surface area (Å²) in [7, 11) is 0. The molecule has 0 aliphatic carbocycles. The van der Waals surface area contributed by atoms with Gasteiger partial charge in [-0.15, -0.1) is 10.2 Å². The Bertz CT molecular complexity index is 1360. The fourth-order valence-corrected chi connectivity index (χ4v) is 4.73. The monoisotopic (exact) mass is 505 g/mol. The molecule has 5 rings (SSSR count). The Kier molecular flexibility index (Phi) is 6.75. The number of fused-ring (bicyclic) bond motifs is 1. The smallest absolute Gasteiger partial charge is 0.272 e. The van der Waals surface area contributed by atoms with E-state index < -0.39 is 0 Å². The van der Waals surface area contributed by atoms with Crippen LogP contribution in [0.1, 0.15) is 29.0 Å². The van der Waals surface area contributed by atoms with E-state index in [1.807, 2.05) is 79.7 Å². The summed E-state index contributed by atoms with van der Waals surface area (Å²) in [5.41, 5.74) is 2.42. The molecule has 1 N–H and O–H groups in total. The fraction of sp³-hybridized carbons (Fsp3) is 0.222. The third-order valence-electron chi connectivity index (χ3n) is 6.38. The Balaban J connectivity index is 1.35. The van der Waals surface area contributed by atoms with Gasteiger partial charge in [0, 0.05) is 42.6 Å². The average Bonchev–Trinajstić information content (AvgIpc) is 2.90. The van der Waals surface area contributed by atoms with E-state index >= 15 is 0 Å². The number of aromatic nitrogens is 2. The number of anilines is 2. The van der Waals surface area contributed by atoms with Crippen molar-refractivity contribution in [2.24, 2.45) is 0 Å². The number of piperazine rings is 1. The SMILES string of the molecule is C[C@H](NC(=O)c1nnc(N2CCN(c3ccc(Cl)c(Cl)c3)CC2)c2ccccc12)c1ccccc1. The molecule has 0 unspecified atom stereocenters. The molecule has 0 spiro atoms. The Morgan fingerprint density at radius 1 is 0.829 bits per heavy atom. The van der Waals surface area contributed by atoms with Crippen molar-refractivity contribution in [3.8, 4) is 0 Å². The molecule has 1 saturated heterocycles. The molecule has 1 aliphatic rings. The van der Waals surface area contributed by atoms with Crippen LogP contribution in [0, 0.1) is 0 Å². The summed E-state index contributed by atoms with van der Waals surface area (Å²) in [5, 5.41) is 14.8. The number of carbonyl (C=O) groups is 1. The Labute approximate surface area is 214 Å². The van der Waals surface area contributed by atoms with Gasteiger partial charge >= 0.3 is 0 Å². The van der Waals surface area contributed by atoms with Gasteiger partial charge in [0.25, 0.3) is 5.91 Å². The number of hydrogen-bond acceptors (Lipinski definition) is 5. The Morgan fingerprint density at radius 2 is 1.49 bits per heavy atom. The maximum absolute atomic E-state index is 13.1. The molecule has 0 bridgehead atoms. The zero-order valence-corrected chi connectivity index (χ0v) is 20.8. The molecule has 35 heavy (non-hydrogen) atoms. The Hall–Kier alpha value is -3.35. The first kappa shape index (κ1) is 23.4. The minimum Gasteiger partial charge on any atom is -0.368 e. The molecule has 2 heterocycles. The standard InChI is InChI=1S/C27H25Cl2N5O/c1-18(19-7-3-2-4-8-19)30-27(35)25-21-9-5-6-10-22(21)26(32-31-25)34-15-13-33(14-16-34)20-11-12-23(28)24(29)17-20/h2-12,17-18H,13-16H2,1H3,(H,30,35)/t18-/m0/s1. The average molecular weight is 506 g/mol. The highest BCUT2D eigenvalue weighted by Gasteiger charge is 2.23. The van der Waals surface area contributed by atoms with Crippen LogP contribution in [0.2, 0.25) is 10.0 Å². The van der Waals surface area contributed by atoms with Crippen molar-refractivity contribution in [1.82, 2.24) is 15.5 Å². The lowest BCUT2D eigenvalue weighted by atomic mass is 10.1. The van der Waals surface area contributed by atoms with Crippen molar-refractivity contribution in [3.63, 3.8) is 0 Å². The second kappa shape index (κ2) is 10.1. The molecule has 1 atom stereocenters. The van der Waals surface area contributed by atoms with Gasteiger partial charge in [0.15, 0.2) is 11.5 Å². The molecule has 4 aromatic rings. The number of amides is 1. The maximum Gasteiger partial charge on any atom is 0.272 e. The molecule has 0 radical (unpaired) electrons. The minimum absolute atomic E-state index is 0.140. The van der Waals surface area contributed by atoms with E-state index in [-0.39, 0.29) is 11.9 Å². The van der Waals surface area contributed by atoms with Crippen LogP contribution in [0.15, 0.2) is 72.8 Å². The van der Waals surface area contributed by atoms with Crippen LogP contribution in [0.4, 0.5) is 11.5 Å². The summed E-state index contributed by atoms with van der Waals surface area (Å²) in [6, 6.07) is 23.3. The molecule has 1 amide bonds. The summed E-state index contributed by atoms with van der Waals surface area (Å²) in [5.74, 6) is 0.558. The van der Waals surface area contributed by atoms with Crippen LogP contribution >= 0.6 is 23.2 Å². The third-order valence-corrected chi connectivity index (χ3v) is 7.12. The number of hydrogen-bond donors (Lipinski definition) is 1. The second-order valence-corrected chi connectivity index (χ2v) is 9.41. The van der Waals surface area contributed by atoms with Gasteiger partial charge in [-0.05, 0) is 30.7 Å². The number of carbonyl (C=O) groups excluding carboxylic acids is 1. The van der Waals surface area contributed by atoms with Crippen molar-refractivity contribution in [1.29, 1.82) is 0 Å². The zero-order valence-electron chi connectivity index (χ0n) is 19.3. The molecule has 1 aliphatic heterocycles. The number of nitrogens with one attached hydrogen (secondary N) is 1. The van der Waals surface area contributed by atoms with Gasteiger partial charge in [-0.2, -0.15) is 0 Å². The van der Waals surface area contributed by atoms with Crippen molar-refractivity contribution in [2.75, 3.05) is 36.0 Å². The minimum atomic E-state index is -0.235. The molecule has 0 saturated carbocycles. The molecule has 1 aromatic heterocycles. The van der Waals surface area contributed by atoms with Crippen molar-refractivity contribution >= 4 is 51.4 Å². The van der Waals surface area contributed by atoms with Gasteiger partial charge in [-0.3, -0.25) is 4.79 Å². The quantitative estimate of drug-likeness (QED) is 0.373. The first-order chi connectivity index (χ1) is 17.0. The van der Waals surface area contributed by atoms with Crippen molar-refractivity contribution < 1.29 is 4.79 Å². The Morgan fingerprint density at radius 3 is 2.20 bits per heavy atom. The van der Waals surface area contributed by atoms with Crippen LogP contribution < -0.4 is 15.1 Å². The maximum atomic E-state index is 13.1. The highest BCUT2D eigenvalue weighted by Crippen LogP contribution is 2.30. The van der Waals surface area contributed by atoms with Crippen LogP contribution in [0.25, 0.3) is 10.8 Å². The van der Waals surface area contributed by atoms with Crippen molar-refractivity contribution in [2.45, 2.75) is 13.0 Å². The summed E-state index contributed by atoms with van der Waals surface area (Å²) < 4.78 is 0. The van der Waals surface area contributed by atoms with Gasteiger partial charge in [0.2, 0.25) is 0 Å². The van der Waals surface area contributed by atoms with Crippen LogP contribution in [-0.2, 0) is 0 Å². The highest BCUT2D eigenvalue weighted by molar-refractivity contribution is 6.42. The predicted octanol–water partition coefficient (Wildman–Crippen LogP) is 5.75. The molecule has 8 heteroatoms. The van der Waals surface area contributed by atoms with Gasteiger partial charge < -0.3 is 15.1 Å². The van der Waals surface area contributed by atoms with Gasteiger partial charge in [0.1, 0.15) is 0 Å². The molecule has 1 fully saturated rings. The summed E-state index contributed by atoms with van der Waals surface area (Å²) >= 11 is 12.3. The molecular weight excluding hydrogens is 481 g/mol. The summed E-state index contributed by atoms with van der Waals surface area (Å²) in [4.78, 5) is 17.6. The number of benzene rings is 3. The first-order valence-corrected chi connectivity index (χ1v) is 12.3. The van der Waals surface area contributed by atoms with E-state index in [0.717, 1.165) is 54.0 Å². The highest BCUT2D eigenvalue weighted by atomic mass is 35.5. The van der Waals surface area contributed by atoms with Gasteiger partial charge in [-0.1, -0.05) is 77.8 Å². The van der Waals surface area contributed by atoms with E-state index in [1.165, 1.54) is 0 Å². The predicted molar refractivity (Wildman–Crippen MR) is 143 cm³/mol. The number of halogens is 2. The lowest BCUT2D eigenvalue weighted by Gasteiger charge is -2.37. The molecule has 178 valence electrons. The van der Waals surface area contributed by atoms with Crippen LogP contribution in [0.3, 0.4) is 0 Å². The van der Waals surface area contributed by atoms with Crippen molar-refractivity contribution in [3.05, 3.63) is 94.1 Å². The second-order valence-electron chi connectivity index (χ2n) is 8.60. The van der Waals surface area contributed by atoms with E-state index in [0.29, 0.717) is 15.7 Å². The molecular formula is C27H25Cl2N5O. The van der Waals surface area contributed by atoms with E-state index in [4.69, 9.17) is 23.2 Å². The van der Waals surface area contributed by atoms with Gasteiger partial charge in [-0.25, -0.2) is 0 Å². The van der Waals surface area contributed by atoms with E-state index in [2.05, 4.69) is 25.3 Å². The largest absolute Gasteiger partial charge is 0.368 e. The number of rotatable bonds is 5. The third kappa shape index (κ3) is 4.90. The first-order valence-electron chi connectivity index (χ1n) is 11.6. The lowest BCUT2D eigenvalue weighted by molar-refractivity contribution is 0.0935.